The van der Waals surface area contributed by atoms with Gasteiger partial charge in [0, 0.05) is 6.07 Å². The Hall–Kier alpha value is -2.52. The van der Waals surface area contributed by atoms with Crippen LogP contribution >= 0.6 is 23.1 Å². The van der Waals surface area contributed by atoms with Crippen molar-refractivity contribution in [2.75, 3.05) is 11.1 Å². The Morgan fingerprint density at radius 2 is 2.04 bits per heavy atom. The summed E-state index contributed by atoms with van der Waals surface area (Å²) in [6, 6.07) is 10.3. The van der Waals surface area contributed by atoms with Crippen LogP contribution in [0, 0.1) is 11.6 Å². The minimum Gasteiger partial charge on any atom is -0.452 e. The van der Waals surface area contributed by atoms with Crippen LogP contribution in [0.25, 0.3) is 10.2 Å². The van der Waals surface area contributed by atoms with E-state index in [9.17, 15) is 18.4 Å². The summed E-state index contributed by atoms with van der Waals surface area (Å²) < 4.78 is 33.5. The Bertz CT molecular complexity index is 961. The van der Waals surface area contributed by atoms with Crippen LogP contribution in [-0.2, 0) is 14.3 Å². The molecule has 0 fully saturated rings. The highest BCUT2D eigenvalue weighted by Gasteiger charge is 2.20. The van der Waals surface area contributed by atoms with Gasteiger partial charge in [0.25, 0.3) is 5.91 Å². The van der Waals surface area contributed by atoms with Crippen LogP contribution in [0.4, 0.5) is 14.5 Å². The highest BCUT2D eigenvalue weighted by atomic mass is 32.2. The summed E-state index contributed by atoms with van der Waals surface area (Å²) in [7, 11) is 0. The van der Waals surface area contributed by atoms with Crippen molar-refractivity contribution in [2.24, 2.45) is 0 Å². The lowest BCUT2D eigenvalue weighted by Gasteiger charge is -2.13. The van der Waals surface area contributed by atoms with E-state index in [0.717, 1.165) is 28.4 Å². The van der Waals surface area contributed by atoms with Gasteiger partial charge in [0.05, 0.1) is 21.7 Å². The third kappa shape index (κ3) is 5.01. The molecule has 3 rings (SSSR count). The molecule has 0 bridgehead atoms. The molecular weight excluding hydrogens is 394 g/mol. The predicted octanol–water partition coefficient (Wildman–Crippen LogP) is 4.24. The van der Waals surface area contributed by atoms with Gasteiger partial charge in [-0.15, -0.1) is 11.3 Å². The number of thiazole rings is 1. The molecule has 0 aliphatic carbocycles. The number of nitrogens with one attached hydrogen (secondary N) is 1. The zero-order chi connectivity index (χ0) is 19.4. The molecule has 3 aromatic rings. The second kappa shape index (κ2) is 8.45. The van der Waals surface area contributed by atoms with Crippen molar-refractivity contribution in [3.63, 3.8) is 0 Å². The lowest BCUT2D eigenvalue weighted by molar-refractivity contribution is -0.150. The van der Waals surface area contributed by atoms with Crippen molar-refractivity contribution in [1.29, 1.82) is 0 Å². The lowest BCUT2D eigenvalue weighted by atomic mass is 10.2. The first-order valence-corrected chi connectivity index (χ1v) is 9.66. The van der Waals surface area contributed by atoms with Gasteiger partial charge in [-0.25, -0.2) is 13.8 Å². The van der Waals surface area contributed by atoms with Crippen LogP contribution in [0.15, 0.2) is 46.8 Å². The molecule has 1 aromatic heterocycles. The number of nitrogens with zero attached hydrogens (tertiary/aromatic N) is 1. The number of thioether (sulfide) groups is 1. The molecule has 1 atom stereocenters. The van der Waals surface area contributed by atoms with Gasteiger partial charge < -0.3 is 10.1 Å². The van der Waals surface area contributed by atoms with Crippen LogP contribution in [0.3, 0.4) is 0 Å². The van der Waals surface area contributed by atoms with Gasteiger partial charge >= 0.3 is 5.97 Å². The van der Waals surface area contributed by atoms with Gasteiger partial charge in [-0.05, 0) is 31.2 Å². The van der Waals surface area contributed by atoms with Gasteiger partial charge in [-0.1, -0.05) is 23.9 Å². The minimum absolute atomic E-state index is 0.0221. The summed E-state index contributed by atoms with van der Waals surface area (Å²) in [5.74, 6) is -2.86. The van der Waals surface area contributed by atoms with Gasteiger partial charge in [-0.2, -0.15) is 0 Å². The predicted molar refractivity (Wildman–Crippen MR) is 101 cm³/mol. The van der Waals surface area contributed by atoms with Crippen LogP contribution in [0.1, 0.15) is 6.92 Å². The van der Waals surface area contributed by atoms with Crippen molar-refractivity contribution >= 4 is 50.9 Å². The minimum atomic E-state index is -1.16. The third-order valence-electron chi connectivity index (χ3n) is 3.45. The maximum atomic E-state index is 13.6. The maximum absolute atomic E-state index is 13.6. The molecule has 0 radical (unpaired) electrons. The van der Waals surface area contributed by atoms with Crippen LogP contribution in [-0.4, -0.2) is 28.7 Å². The molecule has 0 aliphatic rings. The summed E-state index contributed by atoms with van der Waals surface area (Å²) in [4.78, 5) is 28.3. The van der Waals surface area contributed by atoms with Crippen LogP contribution in [0.2, 0.25) is 0 Å². The Balaban J connectivity index is 1.52. The Labute approximate surface area is 161 Å². The van der Waals surface area contributed by atoms with Crippen LogP contribution in [0.5, 0.6) is 0 Å². The summed E-state index contributed by atoms with van der Waals surface area (Å²) in [5.41, 5.74) is 0.537. The zero-order valence-corrected chi connectivity index (χ0v) is 15.7. The standard InChI is InChI=1S/C18H14F2N2O3S2/c1-10(17(24)21-14-8-11(19)6-7-12(14)20)25-16(23)9-26-18-22-13-4-2-3-5-15(13)27-18/h2-8,10H,9H2,1H3,(H,21,24). The van der Waals surface area contributed by atoms with E-state index in [1.807, 2.05) is 24.3 Å². The highest BCUT2D eigenvalue weighted by molar-refractivity contribution is 8.01. The summed E-state index contributed by atoms with van der Waals surface area (Å²) in [5, 5.41) is 2.20. The number of hydrogen-bond donors (Lipinski definition) is 1. The Kier molecular flexibility index (Phi) is 6.02. The number of esters is 1. The number of aromatic nitrogens is 1. The average molecular weight is 408 g/mol. The highest BCUT2D eigenvalue weighted by Crippen LogP contribution is 2.29. The van der Waals surface area contributed by atoms with E-state index >= 15 is 0 Å². The van der Waals surface area contributed by atoms with E-state index in [1.165, 1.54) is 30.0 Å². The number of benzene rings is 2. The quantitative estimate of drug-likeness (QED) is 0.488. The number of rotatable bonds is 6. The first kappa shape index (κ1) is 19.2. The monoisotopic (exact) mass is 408 g/mol. The summed E-state index contributed by atoms with van der Waals surface area (Å²) in [6.45, 7) is 1.35. The number of amides is 1. The SMILES string of the molecule is CC(OC(=O)CSc1nc2ccccc2s1)C(=O)Nc1cc(F)ccc1F. The zero-order valence-electron chi connectivity index (χ0n) is 14.1. The van der Waals surface area contributed by atoms with Crippen molar-refractivity contribution in [2.45, 2.75) is 17.4 Å². The van der Waals surface area contributed by atoms with Crippen molar-refractivity contribution in [1.82, 2.24) is 4.98 Å². The topological polar surface area (TPSA) is 68.3 Å². The number of anilines is 1. The van der Waals surface area contributed by atoms with E-state index in [0.29, 0.717) is 4.34 Å². The molecule has 0 saturated carbocycles. The van der Waals surface area contributed by atoms with E-state index in [2.05, 4.69) is 10.3 Å². The molecule has 2 aromatic carbocycles. The summed E-state index contributed by atoms with van der Waals surface area (Å²) in [6.07, 6.45) is -1.16. The smallest absolute Gasteiger partial charge is 0.317 e. The fourth-order valence-corrected chi connectivity index (χ4v) is 4.00. The Morgan fingerprint density at radius 1 is 1.26 bits per heavy atom. The molecule has 140 valence electrons. The number of carbonyl (C=O) groups is 2. The van der Waals surface area contributed by atoms with E-state index in [4.69, 9.17) is 4.74 Å². The van der Waals surface area contributed by atoms with E-state index in [-0.39, 0.29) is 11.4 Å². The first-order chi connectivity index (χ1) is 12.9. The number of halogens is 2. The van der Waals surface area contributed by atoms with Crippen molar-refractivity contribution in [3.8, 4) is 0 Å². The van der Waals surface area contributed by atoms with Crippen LogP contribution < -0.4 is 5.32 Å². The number of hydrogen-bond acceptors (Lipinski definition) is 6. The van der Waals surface area contributed by atoms with E-state index < -0.39 is 29.6 Å². The second-order valence-corrected chi connectivity index (χ2v) is 7.73. The van der Waals surface area contributed by atoms with Gasteiger partial charge in [0.1, 0.15) is 11.6 Å². The maximum Gasteiger partial charge on any atom is 0.317 e. The van der Waals surface area contributed by atoms with Gasteiger partial charge in [0.2, 0.25) is 0 Å². The fraction of sp³-hybridized carbons (Fsp3) is 0.167. The lowest BCUT2D eigenvalue weighted by Crippen LogP contribution is -2.30. The van der Waals surface area contributed by atoms with Gasteiger partial charge in [0.15, 0.2) is 10.4 Å². The molecular formula is C18H14F2N2O3S2. The molecule has 1 N–H and O–H groups in total. The second-order valence-electron chi connectivity index (χ2n) is 5.48. The molecule has 0 spiro atoms. The molecule has 27 heavy (non-hydrogen) atoms. The largest absolute Gasteiger partial charge is 0.452 e. The molecule has 1 unspecified atom stereocenters. The molecule has 9 heteroatoms. The number of carbonyl (C=O) groups excluding carboxylic acids is 2. The first-order valence-electron chi connectivity index (χ1n) is 7.86. The van der Waals surface area contributed by atoms with Crippen molar-refractivity contribution < 1.29 is 23.1 Å². The summed E-state index contributed by atoms with van der Waals surface area (Å²) >= 11 is 2.66. The number of para-hydroxylation sites is 1. The number of fused-ring (bicyclic) bond motifs is 1. The molecule has 0 saturated heterocycles. The average Bonchev–Trinajstić information content (AvgIpc) is 3.06. The Morgan fingerprint density at radius 3 is 2.81 bits per heavy atom. The fourth-order valence-electron chi connectivity index (χ4n) is 2.15. The number of ether oxygens (including phenoxy) is 1. The van der Waals surface area contributed by atoms with E-state index in [1.54, 1.807) is 0 Å². The molecule has 5 nitrogen and oxygen atoms in total. The van der Waals surface area contributed by atoms with Gasteiger partial charge in [-0.3, -0.25) is 9.59 Å². The normalized spacial score (nSPS) is 12.0. The van der Waals surface area contributed by atoms with Crippen molar-refractivity contribution in [3.05, 3.63) is 54.1 Å². The molecule has 1 amide bonds. The molecule has 0 aliphatic heterocycles. The third-order valence-corrected chi connectivity index (χ3v) is 5.60. The molecule has 1 heterocycles.